The Kier molecular flexibility index (Phi) is 5.54. The van der Waals surface area contributed by atoms with Crippen molar-refractivity contribution < 1.29 is 0 Å². The summed E-state index contributed by atoms with van der Waals surface area (Å²) in [6, 6.07) is 6.40. The molecule has 0 aliphatic carbocycles. The average Bonchev–Trinajstić information content (AvgIpc) is 2.84. The molecule has 0 radical (unpaired) electrons. The summed E-state index contributed by atoms with van der Waals surface area (Å²) in [7, 11) is 0. The van der Waals surface area contributed by atoms with E-state index >= 15 is 0 Å². The number of likely N-dealkylation sites (N-methyl/N-ethyl adjacent to an activating group) is 1. The fourth-order valence-electron chi connectivity index (χ4n) is 1.79. The van der Waals surface area contributed by atoms with Crippen LogP contribution >= 0.6 is 61.8 Å². The van der Waals surface area contributed by atoms with Crippen LogP contribution in [0.15, 0.2) is 22.0 Å². The quantitative estimate of drug-likeness (QED) is 0.689. The van der Waals surface area contributed by atoms with Crippen molar-refractivity contribution in [2.75, 3.05) is 6.54 Å². The Hall–Kier alpha value is 0.420. The lowest BCUT2D eigenvalue weighted by molar-refractivity contribution is 0.555. The van der Waals surface area contributed by atoms with Gasteiger partial charge in [0.15, 0.2) is 0 Å². The van der Waals surface area contributed by atoms with E-state index in [1.54, 1.807) is 11.3 Å². The summed E-state index contributed by atoms with van der Waals surface area (Å²) in [5, 5.41) is 3.47. The Bertz CT molecular complexity index is 524. The van der Waals surface area contributed by atoms with Gasteiger partial charge in [-0.15, -0.1) is 22.7 Å². The number of thiophene rings is 2. The molecule has 6 heteroatoms. The maximum absolute atomic E-state index is 6.24. The van der Waals surface area contributed by atoms with Gasteiger partial charge in [0.1, 0.15) is 0 Å². The van der Waals surface area contributed by atoms with Gasteiger partial charge in [-0.2, -0.15) is 0 Å². The molecule has 0 aliphatic heterocycles. The summed E-state index contributed by atoms with van der Waals surface area (Å²) in [6.45, 7) is 3.00. The number of halogens is 3. The molecule has 1 unspecified atom stereocenters. The molecule has 0 fully saturated rings. The Balaban J connectivity index is 2.20. The Labute approximate surface area is 133 Å². The second-order valence-electron chi connectivity index (χ2n) is 3.80. The average molecular weight is 385 g/mol. The van der Waals surface area contributed by atoms with Crippen molar-refractivity contribution in [1.29, 1.82) is 0 Å². The minimum atomic E-state index is 0.219. The zero-order valence-electron chi connectivity index (χ0n) is 9.67. The third-order valence-corrected chi connectivity index (χ3v) is 5.71. The van der Waals surface area contributed by atoms with Crippen molar-refractivity contribution in [2.45, 2.75) is 19.4 Å². The molecule has 0 amide bonds. The molecule has 0 bridgehead atoms. The smallest absolute Gasteiger partial charge is 0.0992 e. The third-order valence-electron chi connectivity index (χ3n) is 2.54. The Morgan fingerprint density at radius 1 is 1.33 bits per heavy atom. The van der Waals surface area contributed by atoms with E-state index < -0.39 is 0 Å². The van der Waals surface area contributed by atoms with E-state index in [1.165, 1.54) is 16.2 Å². The normalized spacial score (nSPS) is 12.9. The van der Waals surface area contributed by atoms with E-state index in [9.17, 15) is 0 Å². The highest BCUT2D eigenvalue weighted by Gasteiger charge is 2.18. The third kappa shape index (κ3) is 3.71. The Morgan fingerprint density at radius 3 is 2.61 bits per heavy atom. The van der Waals surface area contributed by atoms with E-state index in [0.717, 1.165) is 31.0 Å². The standard InChI is InChI=1S/C12H12BrCl2NS2/c1-2-16-9(5-7-3-4-10(13)17-7)8-6-11(14)18-12(8)15/h3-4,6,9,16H,2,5H2,1H3. The predicted molar refractivity (Wildman–Crippen MR) is 86.5 cm³/mol. The zero-order valence-corrected chi connectivity index (χ0v) is 14.4. The van der Waals surface area contributed by atoms with Crippen LogP contribution in [0.4, 0.5) is 0 Å². The van der Waals surface area contributed by atoms with Gasteiger partial charge < -0.3 is 5.32 Å². The van der Waals surface area contributed by atoms with Crippen molar-refractivity contribution in [1.82, 2.24) is 5.32 Å². The van der Waals surface area contributed by atoms with Crippen LogP contribution in [-0.2, 0) is 6.42 Å². The molecule has 98 valence electrons. The van der Waals surface area contributed by atoms with E-state index in [4.69, 9.17) is 23.2 Å². The van der Waals surface area contributed by atoms with Crippen LogP contribution in [0.5, 0.6) is 0 Å². The highest BCUT2D eigenvalue weighted by atomic mass is 79.9. The van der Waals surface area contributed by atoms with Crippen LogP contribution in [0.2, 0.25) is 8.67 Å². The first-order valence-corrected chi connectivity index (χ1v) is 8.70. The molecule has 18 heavy (non-hydrogen) atoms. The topological polar surface area (TPSA) is 12.0 Å². The van der Waals surface area contributed by atoms with Gasteiger partial charge in [-0.3, -0.25) is 0 Å². The lowest BCUT2D eigenvalue weighted by Gasteiger charge is -2.16. The molecule has 0 spiro atoms. The molecule has 2 rings (SSSR count). The fourth-order valence-corrected chi connectivity index (χ4v) is 4.90. The molecule has 2 heterocycles. The van der Waals surface area contributed by atoms with E-state index in [1.807, 2.05) is 6.07 Å². The van der Waals surface area contributed by atoms with Gasteiger partial charge in [0.25, 0.3) is 0 Å². The SMILES string of the molecule is CCNC(Cc1ccc(Br)s1)c1cc(Cl)sc1Cl. The first kappa shape index (κ1) is 14.8. The molecule has 0 saturated heterocycles. The zero-order chi connectivity index (χ0) is 13.1. The molecule has 1 N–H and O–H groups in total. The summed E-state index contributed by atoms with van der Waals surface area (Å²) < 4.78 is 2.68. The molecule has 0 aliphatic rings. The van der Waals surface area contributed by atoms with Crippen LogP contribution in [0.25, 0.3) is 0 Å². The molecule has 1 nitrogen and oxygen atoms in total. The molecule has 1 atom stereocenters. The second-order valence-corrected chi connectivity index (χ2v) is 8.63. The van der Waals surface area contributed by atoms with E-state index in [-0.39, 0.29) is 6.04 Å². The van der Waals surface area contributed by atoms with Crippen molar-refractivity contribution in [3.8, 4) is 0 Å². The number of nitrogens with one attached hydrogen (secondary N) is 1. The van der Waals surface area contributed by atoms with Crippen LogP contribution in [0.3, 0.4) is 0 Å². The monoisotopic (exact) mass is 383 g/mol. The van der Waals surface area contributed by atoms with Crippen LogP contribution < -0.4 is 5.32 Å². The minimum absolute atomic E-state index is 0.219. The van der Waals surface area contributed by atoms with Gasteiger partial charge in [0, 0.05) is 22.9 Å². The lowest BCUT2D eigenvalue weighted by Crippen LogP contribution is -2.22. The number of rotatable bonds is 5. The van der Waals surface area contributed by atoms with Gasteiger partial charge in [0.05, 0.1) is 12.5 Å². The summed E-state index contributed by atoms with van der Waals surface area (Å²) >= 11 is 18.9. The first-order valence-electron chi connectivity index (χ1n) is 5.52. The molecule has 0 aromatic carbocycles. The molecular formula is C12H12BrCl2NS2. The summed E-state index contributed by atoms with van der Waals surface area (Å²) in [6.07, 6.45) is 0.927. The van der Waals surface area contributed by atoms with Gasteiger partial charge in [-0.25, -0.2) is 0 Å². The summed E-state index contributed by atoms with van der Waals surface area (Å²) in [5.41, 5.74) is 1.10. The van der Waals surface area contributed by atoms with Crippen molar-refractivity contribution in [2.24, 2.45) is 0 Å². The Morgan fingerprint density at radius 2 is 2.11 bits per heavy atom. The molecule has 0 saturated carbocycles. The molecular weight excluding hydrogens is 373 g/mol. The van der Waals surface area contributed by atoms with Crippen molar-refractivity contribution in [3.05, 3.63) is 41.1 Å². The maximum Gasteiger partial charge on any atom is 0.0992 e. The number of hydrogen-bond acceptors (Lipinski definition) is 3. The lowest BCUT2D eigenvalue weighted by atomic mass is 10.1. The summed E-state index contributed by atoms with van der Waals surface area (Å²) in [5.74, 6) is 0. The van der Waals surface area contributed by atoms with Crippen LogP contribution in [0, 0.1) is 0 Å². The summed E-state index contributed by atoms with van der Waals surface area (Å²) in [4.78, 5) is 1.33. The predicted octanol–water partition coefficient (Wildman–Crippen LogP) is 5.77. The largest absolute Gasteiger partial charge is 0.310 e. The van der Waals surface area contributed by atoms with Crippen LogP contribution in [-0.4, -0.2) is 6.54 Å². The second kappa shape index (κ2) is 6.73. The van der Waals surface area contributed by atoms with Crippen molar-refractivity contribution >= 4 is 61.8 Å². The highest BCUT2D eigenvalue weighted by Crippen LogP contribution is 2.37. The van der Waals surface area contributed by atoms with Gasteiger partial charge in [-0.05, 0) is 40.7 Å². The molecule has 2 aromatic heterocycles. The number of hydrogen-bond donors (Lipinski definition) is 1. The maximum atomic E-state index is 6.24. The van der Waals surface area contributed by atoms with E-state index in [0.29, 0.717) is 0 Å². The highest BCUT2D eigenvalue weighted by molar-refractivity contribution is 9.11. The van der Waals surface area contributed by atoms with Gasteiger partial charge in [0.2, 0.25) is 0 Å². The van der Waals surface area contributed by atoms with E-state index in [2.05, 4.69) is 40.3 Å². The van der Waals surface area contributed by atoms with Crippen molar-refractivity contribution in [3.63, 3.8) is 0 Å². The molecule has 2 aromatic rings. The van der Waals surface area contributed by atoms with Gasteiger partial charge in [-0.1, -0.05) is 30.1 Å². The first-order chi connectivity index (χ1) is 8.60. The van der Waals surface area contributed by atoms with Gasteiger partial charge >= 0.3 is 0 Å². The minimum Gasteiger partial charge on any atom is -0.310 e. The van der Waals surface area contributed by atoms with Crippen LogP contribution in [0.1, 0.15) is 23.4 Å². The fraction of sp³-hybridized carbons (Fsp3) is 0.333.